The van der Waals surface area contributed by atoms with Gasteiger partial charge in [0.15, 0.2) is 11.5 Å². The third kappa shape index (κ3) is 3.13. The molecule has 0 fully saturated rings. The molecular formula is C15H14F2O5. The molecular weight excluding hydrogens is 298 g/mol. The van der Waals surface area contributed by atoms with Gasteiger partial charge in [-0.25, -0.2) is 4.79 Å². The fourth-order valence-electron chi connectivity index (χ4n) is 2.43. The van der Waals surface area contributed by atoms with Crippen LogP contribution in [0.5, 0.6) is 11.5 Å². The Morgan fingerprint density at radius 3 is 2.86 bits per heavy atom. The molecule has 0 bridgehead atoms. The lowest BCUT2D eigenvalue weighted by atomic mass is 10.0. The van der Waals surface area contributed by atoms with Gasteiger partial charge in [0.2, 0.25) is 0 Å². The molecule has 3 rings (SSSR count). The SMILES string of the molecule is COC1=CC(=O)OC(CCc2ccc3c(c2)OC(F)(F)O3)C1. The van der Waals surface area contributed by atoms with Gasteiger partial charge in [-0.3, -0.25) is 0 Å². The Bertz CT molecular complexity index is 626. The van der Waals surface area contributed by atoms with Crippen LogP contribution >= 0.6 is 0 Å². The predicted octanol–water partition coefficient (Wildman–Crippen LogP) is 2.79. The maximum absolute atomic E-state index is 12.9. The zero-order chi connectivity index (χ0) is 15.7. The summed E-state index contributed by atoms with van der Waals surface area (Å²) in [5, 5.41) is 0. The van der Waals surface area contributed by atoms with E-state index in [-0.39, 0.29) is 17.6 Å². The van der Waals surface area contributed by atoms with Gasteiger partial charge < -0.3 is 18.9 Å². The Morgan fingerprint density at radius 2 is 2.09 bits per heavy atom. The summed E-state index contributed by atoms with van der Waals surface area (Å²) in [5.74, 6) is 0.174. The molecule has 1 aromatic carbocycles. The second-order valence-corrected chi connectivity index (χ2v) is 5.07. The van der Waals surface area contributed by atoms with E-state index < -0.39 is 12.3 Å². The molecule has 0 spiro atoms. The van der Waals surface area contributed by atoms with Crippen molar-refractivity contribution in [1.82, 2.24) is 0 Å². The van der Waals surface area contributed by atoms with Crippen molar-refractivity contribution in [3.63, 3.8) is 0 Å². The van der Waals surface area contributed by atoms with Gasteiger partial charge in [0, 0.05) is 6.42 Å². The molecule has 1 atom stereocenters. The monoisotopic (exact) mass is 312 g/mol. The number of halogens is 2. The van der Waals surface area contributed by atoms with Crippen molar-refractivity contribution in [1.29, 1.82) is 0 Å². The first-order valence-electron chi connectivity index (χ1n) is 6.79. The number of rotatable bonds is 4. The minimum absolute atomic E-state index is 0.0145. The Hall–Kier alpha value is -2.31. The van der Waals surface area contributed by atoms with Crippen LogP contribution in [-0.4, -0.2) is 25.5 Å². The maximum Gasteiger partial charge on any atom is 0.586 e. The van der Waals surface area contributed by atoms with Crippen LogP contribution < -0.4 is 9.47 Å². The zero-order valence-corrected chi connectivity index (χ0v) is 11.8. The molecule has 1 unspecified atom stereocenters. The van der Waals surface area contributed by atoms with Crippen LogP contribution in [0.3, 0.4) is 0 Å². The molecule has 7 heteroatoms. The minimum atomic E-state index is -3.61. The van der Waals surface area contributed by atoms with Crippen LogP contribution in [0.2, 0.25) is 0 Å². The summed E-state index contributed by atoms with van der Waals surface area (Å²) in [5.41, 5.74) is 0.796. The molecule has 2 aliphatic rings. The van der Waals surface area contributed by atoms with Gasteiger partial charge >= 0.3 is 12.3 Å². The first-order valence-corrected chi connectivity index (χ1v) is 6.79. The molecule has 22 heavy (non-hydrogen) atoms. The highest BCUT2D eigenvalue weighted by molar-refractivity contribution is 5.83. The third-order valence-electron chi connectivity index (χ3n) is 3.47. The van der Waals surface area contributed by atoms with E-state index in [0.717, 1.165) is 5.56 Å². The van der Waals surface area contributed by atoms with Crippen molar-refractivity contribution in [3.8, 4) is 11.5 Å². The summed E-state index contributed by atoms with van der Waals surface area (Å²) in [7, 11) is 1.50. The third-order valence-corrected chi connectivity index (χ3v) is 3.47. The van der Waals surface area contributed by atoms with Crippen LogP contribution in [0.25, 0.3) is 0 Å². The van der Waals surface area contributed by atoms with E-state index >= 15 is 0 Å². The van der Waals surface area contributed by atoms with Gasteiger partial charge in [0.1, 0.15) is 11.9 Å². The largest absolute Gasteiger partial charge is 0.586 e. The van der Waals surface area contributed by atoms with E-state index in [9.17, 15) is 13.6 Å². The lowest BCUT2D eigenvalue weighted by Gasteiger charge is -2.22. The number of methoxy groups -OCH3 is 1. The molecule has 0 amide bonds. The number of fused-ring (bicyclic) bond motifs is 1. The number of carbonyl (C=O) groups is 1. The molecule has 5 nitrogen and oxygen atoms in total. The van der Waals surface area contributed by atoms with Gasteiger partial charge in [0.05, 0.1) is 13.2 Å². The summed E-state index contributed by atoms with van der Waals surface area (Å²) >= 11 is 0. The molecule has 0 aliphatic carbocycles. The van der Waals surface area contributed by atoms with Gasteiger partial charge in [-0.1, -0.05) is 6.07 Å². The fraction of sp³-hybridized carbons (Fsp3) is 0.400. The van der Waals surface area contributed by atoms with E-state index in [0.29, 0.717) is 25.0 Å². The molecule has 0 aromatic heterocycles. The number of alkyl halides is 2. The molecule has 0 saturated heterocycles. The molecule has 118 valence electrons. The molecule has 0 radical (unpaired) electrons. The average molecular weight is 312 g/mol. The van der Waals surface area contributed by atoms with Crippen molar-refractivity contribution in [2.75, 3.05) is 7.11 Å². The summed E-state index contributed by atoms with van der Waals surface area (Å²) in [6.45, 7) is 0. The van der Waals surface area contributed by atoms with E-state index in [1.54, 1.807) is 6.07 Å². The van der Waals surface area contributed by atoms with E-state index in [1.807, 2.05) is 0 Å². The number of benzene rings is 1. The first kappa shape index (κ1) is 14.6. The second kappa shape index (κ2) is 5.47. The molecule has 2 heterocycles. The summed E-state index contributed by atoms with van der Waals surface area (Å²) in [4.78, 5) is 11.4. The number of esters is 1. The Kier molecular flexibility index (Phi) is 3.64. The lowest BCUT2D eigenvalue weighted by molar-refractivity contribution is -0.286. The van der Waals surface area contributed by atoms with Crippen molar-refractivity contribution in [2.45, 2.75) is 31.7 Å². The molecule has 1 aromatic rings. The van der Waals surface area contributed by atoms with Crippen molar-refractivity contribution in [3.05, 3.63) is 35.6 Å². The number of aryl methyl sites for hydroxylation is 1. The predicted molar refractivity (Wildman–Crippen MR) is 70.6 cm³/mol. The van der Waals surface area contributed by atoms with Crippen LogP contribution in [-0.2, 0) is 20.7 Å². The van der Waals surface area contributed by atoms with E-state index in [4.69, 9.17) is 9.47 Å². The van der Waals surface area contributed by atoms with E-state index in [2.05, 4.69) is 9.47 Å². The van der Waals surface area contributed by atoms with Gasteiger partial charge in [-0.05, 0) is 30.5 Å². The molecule has 0 saturated carbocycles. The summed E-state index contributed by atoms with van der Waals surface area (Å²) in [6, 6.07) is 4.63. The topological polar surface area (TPSA) is 54.0 Å². The molecule has 0 N–H and O–H groups in total. The number of hydrogen-bond donors (Lipinski definition) is 0. The standard InChI is InChI=1S/C15H14F2O5/c1-19-11-7-10(20-14(18)8-11)4-2-9-3-5-12-13(6-9)22-15(16,17)21-12/h3,5-6,8,10H,2,4,7H2,1H3. The van der Waals surface area contributed by atoms with E-state index in [1.165, 1.54) is 25.3 Å². The Labute approximate surface area is 125 Å². The maximum atomic E-state index is 12.9. The number of cyclic esters (lactones) is 1. The zero-order valence-electron chi connectivity index (χ0n) is 11.8. The second-order valence-electron chi connectivity index (χ2n) is 5.07. The number of carbonyl (C=O) groups excluding carboxylic acids is 1. The highest BCUT2D eigenvalue weighted by Crippen LogP contribution is 2.41. The first-order chi connectivity index (χ1) is 10.4. The van der Waals surface area contributed by atoms with Crippen LogP contribution in [0, 0.1) is 0 Å². The quantitative estimate of drug-likeness (QED) is 0.800. The Morgan fingerprint density at radius 1 is 1.32 bits per heavy atom. The number of ether oxygens (including phenoxy) is 4. The lowest BCUT2D eigenvalue weighted by Crippen LogP contribution is -2.25. The average Bonchev–Trinajstić information content (AvgIpc) is 2.77. The van der Waals surface area contributed by atoms with Crippen LogP contribution in [0.4, 0.5) is 8.78 Å². The normalized spacial score (nSPS) is 22.0. The molecule has 2 aliphatic heterocycles. The summed E-state index contributed by atoms with van der Waals surface area (Å²) < 4.78 is 44.9. The van der Waals surface area contributed by atoms with Crippen LogP contribution in [0.15, 0.2) is 30.0 Å². The van der Waals surface area contributed by atoms with Gasteiger partial charge in [0.25, 0.3) is 0 Å². The van der Waals surface area contributed by atoms with Gasteiger partial charge in [-0.15, -0.1) is 8.78 Å². The van der Waals surface area contributed by atoms with Crippen molar-refractivity contribution < 1.29 is 32.5 Å². The smallest absolute Gasteiger partial charge is 0.501 e. The Balaban J connectivity index is 1.61. The number of hydrogen-bond acceptors (Lipinski definition) is 5. The van der Waals surface area contributed by atoms with Gasteiger partial charge in [-0.2, -0.15) is 0 Å². The van der Waals surface area contributed by atoms with Crippen LogP contribution in [0.1, 0.15) is 18.4 Å². The highest BCUT2D eigenvalue weighted by Gasteiger charge is 2.43. The van der Waals surface area contributed by atoms with Crippen molar-refractivity contribution in [2.24, 2.45) is 0 Å². The fourth-order valence-corrected chi connectivity index (χ4v) is 2.43. The highest BCUT2D eigenvalue weighted by atomic mass is 19.3. The van der Waals surface area contributed by atoms with Crippen molar-refractivity contribution >= 4 is 5.97 Å². The minimum Gasteiger partial charge on any atom is -0.501 e. The summed E-state index contributed by atoms with van der Waals surface area (Å²) in [6.07, 6.45) is -0.971.